The molecule has 1 saturated carbocycles. The minimum Gasteiger partial charge on any atom is -0.481 e. The third-order valence-corrected chi connectivity index (χ3v) is 7.51. The average Bonchev–Trinajstić information content (AvgIpc) is 3.18. The van der Waals surface area contributed by atoms with E-state index >= 15 is 0 Å². The number of carboxylic acid groups (broad SMARTS) is 1. The summed E-state index contributed by atoms with van der Waals surface area (Å²) in [5, 5.41) is 11.5. The number of amides is 2. The molecule has 0 aromatic heterocycles. The van der Waals surface area contributed by atoms with E-state index in [0.29, 0.717) is 37.9 Å². The number of aliphatic carboxylic acids is 1. The van der Waals surface area contributed by atoms with Crippen LogP contribution in [-0.2, 0) is 14.6 Å². The second-order valence-electron chi connectivity index (χ2n) is 7.03. The van der Waals surface area contributed by atoms with Gasteiger partial charge in [-0.1, -0.05) is 12.8 Å². The summed E-state index contributed by atoms with van der Waals surface area (Å²) in [6, 6.07) is 5.86. The van der Waals surface area contributed by atoms with E-state index in [1.807, 2.05) is 0 Å². The number of nitrogens with one attached hydrogen (secondary N) is 1. The largest absolute Gasteiger partial charge is 0.481 e. The molecule has 2 N–H and O–H groups in total. The van der Waals surface area contributed by atoms with Gasteiger partial charge < -0.3 is 15.3 Å². The summed E-state index contributed by atoms with van der Waals surface area (Å²) >= 11 is 0. The molecule has 1 atom stereocenters. The quantitative estimate of drug-likeness (QED) is 0.836. The normalized spacial score (nSPS) is 21.5. The molecular weight excluding hydrogens is 356 g/mol. The van der Waals surface area contributed by atoms with E-state index in [1.165, 1.54) is 17.0 Å². The minimum atomic E-state index is -3.31. The third kappa shape index (κ3) is 4.00. The maximum absolute atomic E-state index is 12.6. The highest BCUT2D eigenvalue weighted by molar-refractivity contribution is 7.92. The van der Waals surface area contributed by atoms with Gasteiger partial charge >= 0.3 is 12.0 Å². The molecule has 0 radical (unpaired) electrons. The van der Waals surface area contributed by atoms with Gasteiger partial charge in [-0.15, -0.1) is 0 Å². The van der Waals surface area contributed by atoms with Gasteiger partial charge in [0.1, 0.15) is 0 Å². The summed E-state index contributed by atoms with van der Waals surface area (Å²) in [5.74, 6) is -1.42. The Morgan fingerprint density at radius 2 is 1.69 bits per heavy atom. The smallest absolute Gasteiger partial charge is 0.321 e. The molecular formula is C18H24N2O5S. The topological polar surface area (TPSA) is 104 Å². The highest BCUT2D eigenvalue weighted by atomic mass is 32.2. The summed E-state index contributed by atoms with van der Waals surface area (Å²) in [7, 11) is -3.31. The van der Waals surface area contributed by atoms with Gasteiger partial charge in [0.25, 0.3) is 0 Å². The van der Waals surface area contributed by atoms with Gasteiger partial charge in [-0.05, 0) is 49.9 Å². The first-order chi connectivity index (χ1) is 12.4. The number of sulfone groups is 1. The number of carbonyl (C=O) groups is 2. The molecule has 2 amide bonds. The molecule has 1 aromatic rings. The van der Waals surface area contributed by atoms with E-state index in [-0.39, 0.29) is 22.7 Å². The fourth-order valence-corrected chi connectivity index (χ4v) is 5.54. The summed E-state index contributed by atoms with van der Waals surface area (Å²) in [6.07, 6.45) is 4.55. The number of likely N-dealkylation sites (tertiary alicyclic amines) is 1. The molecule has 3 rings (SSSR count). The van der Waals surface area contributed by atoms with Crippen molar-refractivity contribution in [2.24, 2.45) is 5.92 Å². The second-order valence-corrected chi connectivity index (χ2v) is 9.26. The molecule has 2 aliphatic rings. The maximum Gasteiger partial charge on any atom is 0.321 e. The van der Waals surface area contributed by atoms with Crippen LogP contribution in [0.25, 0.3) is 0 Å². The van der Waals surface area contributed by atoms with Crippen LogP contribution in [0.4, 0.5) is 10.5 Å². The van der Waals surface area contributed by atoms with Crippen LogP contribution in [0.5, 0.6) is 0 Å². The number of rotatable bonds is 4. The van der Waals surface area contributed by atoms with Crippen molar-refractivity contribution >= 4 is 27.5 Å². The molecule has 1 aliphatic carbocycles. The van der Waals surface area contributed by atoms with Gasteiger partial charge in [-0.3, -0.25) is 4.79 Å². The lowest BCUT2D eigenvalue weighted by Gasteiger charge is -2.30. The van der Waals surface area contributed by atoms with Crippen LogP contribution >= 0.6 is 0 Å². The molecule has 8 heteroatoms. The average molecular weight is 380 g/mol. The SMILES string of the molecule is O=C(O)C1CCCN(C(=O)Nc2ccc(S(=O)(=O)C3CCCC3)cc2)C1. The summed E-state index contributed by atoms with van der Waals surface area (Å²) in [6.45, 7) is 0.707. The Morgan fingerprint density at radius 1 is 1.04 bits per heavy atom. The van der Waals surface area contributed by atoms with E-state index in [1.54, 1.807) is 12.1 Å². The Labute approximate surface area is 153 Å². The molecule has 0 spiro atoms. The number of nitrogens with zero attached hydrogens (tertiary/aromatic N) is 1. The van der Waals surface area contributed by atoms with E-state index in [0.717, 1.165) is 12.8 Å². The van der Waals surface area contributed by atoms with Crippen molar-refractivity contribution < 1.29 is 23.1 Å². The van der Waals surface area contributed by atoms with Crippen molar-refractivity contribution in [2.75, 3.05) is 18.4 Å². The van der Waals surface area contributed by atoms with Gasteiger partial charge in [0.05, 0.1) is 16.1 Å². The molecule has 2 fully saturated rings. The fraction of sp³-hybridized carbons (Fsp3) is 0.556. The number of urea groups is 1. The Balaban J connectivity index is 1.64. The van der Waals surface area contributed by atoms with E-state index in [2.05, 4.69) is 5.32 Å². The first-order valence-corrected chi connectivity index (χ1v) is 10.6. The summed E-state index contributed by atoms with van der Waals surface area (Å²) < 4.78 is 25.1. The number of carbonyl (C=O) groups excluding carboxylic acids is 1. The molecule has 1 aromatic carbocycles. The first kappa shape index (κ1) is 18.7. The zero-order chi connectivity index (χ0) is 18.7. The lowest BCUT2D eigenvalue weighted by atomic mass is 9.99. The molecule has 26 heavy (non-hydrogen) atoms. The monoisotopic (exact) mass is 380 g/mol. The lowest BCUT2D eigenvalue weighted by Crippen LogP contribution is -2.44. The van der Waals surface area contributed by atoms with Crippen molar-refractivity contribution in [3.05, 3.63) is 24.3 Å². The van der Waals surface area contributed by atoms with Gasteiger partial charge in [-0.2, -0.15) is 0 Å². The Morgan fingerprint density at radius 3 is 2.31 bits per heavy atom. The van der Waals surface area contributed by atoms with Crippen molar-refractivity contribution in [3.63, 3.8) is 0 Å². The van der Waals surface area contributed by atoms with Crippen molar-refractivity contribution in [1.82, 2.24) is 4.90 Å². The van der Waals surface area contributed by atoms with Crippen LogP contribution in [0.3, 0.4) is 0 Å². The zero-order valence-corrected chi connectivity index (χ0v) is 15.4. The van der Waals surface area contributed by atoms with Crippen molar-refractivity contribution in [2.45, 2.75) is 48.7 Å². The van der Waals surface area contributed by atoms with Gasteiger partial charge in [0.2, 0.25) is 0 Å². The Kier molecular flexibility index (Phi) is 5.50. The molecule has 1 heterocycles. The number of hydrogen-bond donors (Lipinski definition) is 2. The number of benzene rings is 1. The zero-order valence-electron chi connectivity index (χ0n) is 14.6. The van der Waals surface area contributed by atoms with Crippen molar-refractivity contribution in [1.29, 1.82) is 0 Å². The van der Waals surface area contributed by atoms with Gasteiger partial charge in [0.15, 0.2) is 9.84 Å². The number of hydrogen-bond acceptors (Lipinski definition) is 4. The standard InChI is InChI=1S/C18H24N2O5S/c21-17(22)13-4-3-11-20(12-13)18(23)19-14-7-9-16(10-8-14)26(24,25)15-5-1-2-6-15/h7-10,13,15H,1-6,11-12H2,(H,19,23)(H,21,22). The van der Waals surface area contributed by atoms with E-state index < -0.39 is 21.7 Å². The van der Waals surface area contributed by atoms with Crippen LogP contribution in [0.1, 0.15) is 38.5 Å². The molecule has 1 aliphatic heterocycles. The number of anilines is 1. The number of piperidine rings is 1. The van der Waals surface area contributed by atoms with Crippen molar-refractivity contribution in [3.8, 4) is 0 Å². The summed E-state index contributed by atoms with van der Waals surface area (Å²) in [4.78, 5) is 25.2. The Hall–Kier alpha value is -2.09. The van der Waals surface area contributed by atoms with E-state index in [4.69, 9.17) is 5.11 Å². The van der Waals surface area contributed by atoms with Crippen LogP contribution in [0, 0.1) is 5.92 Å². The van der Waals surface area contributed by atoms with Crippen LogP contribution in [0.15, 0.2) is 29.2 Å². The molecule has 0 bridgehead atoms. The maximum atomic E-state index is 12.6. The summed E-state index contributed by atoms with van der Waals surface area (Å²) in [5.41, 5.74) is 0.498. The van der Waals surface area contributed by atoms with Gasteiger partial charge in [-0.25, -0.2) is 13.2 Å². The number of carboxylic acids is 1. The first-order valence-electron chi connectivity index (χ1n) is 9.00. The molecule has 7 nitrogen and oxygen atoms in total. The molecule has 1 unspecified atom stereocenters. The Bertz CT molecular complexity index is 769. The second kappa shape index (κ2) is 7.65. The highest BCUT2D eigenvalue weighted by Crippen LogP contribution is 2.30. The third-order valence-electron chi connectivity index (χ3n) is 5.23. The van der Waals surface area contributed by atoms with Crippen LogP contribution in [-0.4, -0.2) is 48.8 Å². The van der Waals surface area contributed by atoms with Gasteiger partial charge in [0, 0.05) is 18.8 Å². The van der Waals surface area contributed by atoms with E-state index in [9.17, 15) is 18.0 Å². The molecule has 1 saturated heterocycles. The fourth-order valence-electron chi connectivity index (χ4n) is 3.68. The minimum absolute atomic E-state index is 0.190. The van der Waals surface area contributed by atoms with Crippen LogP contribution in [0.2, 0.25) is 0 Å². The predicted octanol–water partition coefficient (Wildman–Crippen LogP) is 2.73. The van der Waals surface area contributed by atoms with Crippen LogP contribution < -0.4 is 5.32 Å². The predicted molar refractivity (Wildman–Crippen MR) is 96.8 cm³/mol. The molecule has 142 valence electrons. The highest BCUT2D eigenvalue weighted by Gasteiger charge is 2.30. The lowest BCUT2D eigenvalue weighted by molar-refractivity contribution is -0.143.